The third-order valence-corrected chi connectivity index (χ3v) is 5.41. The molecule has 0 aliphatic heterocycles. The third kappa shape index (κ3) is 5.88. The Labute approximate surface area is 179 Å². The van der Waals surface area contributed by atoms with E-state index in [1.165, 1.54) is 16.9 Å². The van der Waals surface area contributed by atoms with E-state index in [2.05, 4.69) is 48.6 Å². The van der Waals surface area contributed by atoms with Crippen molar-refractivity contribution in [3.05, 3.63) is 59.4 Å². The molecule has 3 rings (SSSR count). The van der Waals surface area contributed by atoms with Crippen molar-refractivity contribution in [3.63, 3.8) is 0 Å². The number of carboxylic acid groups (broad SMARTS) is 1. The summed E-state index contributed by atoms with van der Waals surface area (Å²) in [6.07, 6.45) is 9.15. The maximum absolute atomic E-state index is 10.6. The van der Waals surface area contributed by atoms with Gasteiger partial charge in [0.15, 0.2) is 0 Å². The van der Waals surface area contributed by atoms with Crippen LogP contribution in [-0.2, 0) is 16.1 Å². The van der Waals surface area contributed by atoms with Crippen molar-refractivity contribution >= 4 is 12.9 Å². The molecule has 1 heterocycles. The molecule has 0 fully saturated rings. The van der Waals surface area contributed by atoms with Gasteiger partial charge in [0, 0.05) is 0 Å². The Morgan fingerprint density at radius 3 is 2.63 bits per heavy atom. The van der Waals surface area contributed by atoms with Gasteiger partial charge < -0.3 is 5.11 Å². The average Bonchev–Trinajstić information content (AvgIpc) is 3.11. The standard InChI is InChI=1S/C24H30BNO4/c1-18-16-25-24(19-11-13-21(29-2)14-12-19)26(18)17-20-8-5-6-9-22(20)30-15-7-3-4-10-23(27)28/h8-9,11-14,16H,3-7,10,15,17H2,1-2H3,(H,27,28). The number of hydrogen-bond acceptors (Lipinski definition) is 3. The summed E-state index contributed by atoms with van der Waals surface area (Å²) >= 11 is 0. The summed E-state index contributed by atoms with van der Waals surface area (Å²) < 4.78 is 13.7. The first-order valence-corrected chi connectivity index (χ1v) is 10.6. The molecule has 0 amide bonds. The van der Waals surface area contributed by atoms with E-state index in [0.717, 1.165) is 49.3 Å². The molecule has 0 spiro atoms. The van der Waals surface area contributed by atoms with Crippen molar-refractivity contribution in [2.24, 2.45) is 0 Å². The second-order valence-electron chi connectivity index (χ2n) is 7.60. The van der Waals surface area contributed by atoms with Crippen LogP contribution in [0.2, 0.25) is 0 Å². The minimum absolute atomic E-state index is 0.231. The summed E-state index contributed by atoms with van der Waals surface area (Å²) in [6.45, 7) is 5.68. The van der Waals surface area contributed by atoms with Crippen molar-refractivity contribution in [3.8, 4) is 16.9 Å². The van der Waals surface area contributed by atoms with Crippen LogP contribution in [0.3, 0.4) is 0 Å². The molecule has 0 saturated heterocycles. The van der Waals surface area contributed by atoms with Crippen molar-refractivity contribution in [2.45, 2.75) is 52.0 Å². The number of carboxylic acids is 1. The number of methoxy groups -OCH3 is 1. The summed E-state index contributed by atoms with van der Waals surface area (Å²) in [5, 5.41) is 8.73. The maximum atomic E-state index is 10.6. The molecule has 1 aromatic carbocycles. The predicted octanol–water partition coefficient (Wildman–Crippen LogP) is 5.08. The Morgan fingerprint density at radius 1 is 1.13 bits per heavy atom. The van der Waals surface area contributed by atoms with E-state index in [9.17, 15) is 4.79 Å². The zero-order valence-corrected chi connectivity index (χ0v) is 17.9. The number of ether oxygens (including phenoxy) is 2. The number of hydrogen-bond donors (Lipinski definition) is 1. The van der Waals surface area contributed by atoms with Gasteiger partial charge in [-0.3, -0.25) is 4.79 Å². The van der Waals surface area contributed by atoms with Gasteiger partial charge in [0.25, 0.3) is 0 Å². The fourth-order valence-corrected chi connectivity index (χ4v) is 3.70. The van der Waals surface area contributed by atoms with Gasteiger partial charge in [-0.25, -0.2) is 0 Å². The molecule has 0 atom stereocenters. The van der Waals surface area contributed by atoms with Crippen LogP contribution in [0, 0.1) is 6.92 Å². The van der Waals surface area contributed by atoms with Crippen molar-refractivity contribution < 1.29 is 19.4 Å². The summed E-state index contributed by atoms with van der Waals surface area (Å²) in [4.78, 5) is 10.6. The van der Waals surface area contributed by atoms with Crippen molar-refractivity contribution in [1.29, 1.82) is 0 Å². The first-order valence-electron chi connectivity index (χ1n) is 10.6. The first-order chi connectivity index (χ1) is 14.6. The van der Waals surface area contributed by atoms with Crippen molar-refractivity contribution in [1.82, 2.24) is 4.57 Å². The molecule has 0 unspecified atom stereocenters. The Hall–Kier alpha value is -2.76. The monoisotopic (exact) mass is 407 g/mol. The fraction of sp³-hybridized carbons (Fsp3) is 0.417. The molecule has 1 aliphatic carbocycles. The Balaban J connectivity index is 1.64. The van der Waals surface area contributed by atoms with Gasteiger partial charge in [0.1, 0.15) is 0 Å². The van der Waals surface area contributed by atoms with Crippen LogP contribution in [0.5, 0.6) is 5.75 Å². The SMILES string of the molecule is COc1ccc(-c2bcc(C)n2CC2=CCCC=C2OCCCCCC(=O)O)cc1. The van der Waals surface area contributed by atoms with Crippen LogP contribution in [0.4, 0.5) is 0 Å². The van der Waals surface area contributed by atoms with Crippen molar-refractivity contribution in [2.75, 3.05) is 13.7 Å². The summed E-state index contributed by atoms with van der Waals surface area (Å²) in [7, 11) is 1.68. The van der Waals surface area contributed by atoms with E-state index in [-0.39, 0.29) is 6.42 Å². The summed E-state index contributed by atoms with van der Waals surface area (Å²) in [6, 6.07) is 8.15. The molecule has 2 aromatic rings. The summed E-state index contributed by atoms with van der Waals surface area (Å²) in [5.74, 6) is 3.24. The van der Waals surface area contributed by atoms with Crippen LogP contribution >= 0.6 is 0 Å². The number of rotatable bonds is 11. The Bertz CT molecular complexity index is 912. The number of benzene rings is 1. The van der Waals surface area contributed by atoms with Gasteiger partial charge in [0.05, 0.1) is 0 Å². The molecule has 0 bridgehead atoms. The zero-order valence-electron chi connectivity index (χ0n) is 17.9. The van der Waals surface area contributed by atoms with Gasteiger partial charge in [-0.1, -0.05) is 0 Å². The molecule has 1 N–H and O–H groups in total. The molecule has 5 nitrogen and oxygen atoms in total. The van der Waals surface area contributed by atoms with Gasteiger partial charge >= 0.3 is 169 Å². The van der Waals surface area contributed by atoms with Crippen LogP contribution in [-0.4, -0.2) is 36.3 Å². The van der Waals surface area contributed by atoms with Gasteiger partial charge in [0.2, 0.25) is 0 Å². The number of carbonyl (C=O) groups is 1. The number of aryl methyl sites for hydroxylation is 1. The molecule has 6 heteroatoms. The normalized spacial score (nSPS) is 13.4. The van der Waals surface area contributed by atoms with E-state index < -0.39 is 5.97 Å². The van der Waals surface area contributed by atoms with Crippen LogP contribution in [0.1, 0.15) is 44.2 Å². The molecule has 158 valence electrons. The van der Waals surface area contributed by atoms with E-state index in [4.69, 9.17) is 14.6 Å². The second-order valence-corrected chi connectivity index (χ2v) is 7.60. The third-order valence-electron chi connectivity index (χ3n) is 5.41. The fourth-order valence-electron chi connectivity index (χ4n) is 3.70. The molecular weight excluding hydrogens is 377 g/mol. The van der Waals surface area contributed by atoms with E-state index >= 15 is 0 Å². The number of unbranched alkanes of at least 4 members (excludes halogenated alkanes) is 2. The quantitative estimate of drug-likeness (QED) is 0.528. The zero-order chi connectivity index (χ0) is 21.3. The van der Waals surface area contributed by atoms with Crippen LogP contribution in [0.25, 0.3) is 11.2 Å². The number of nitrogens with zero attached hydrogens (tertiary/aromatic N) is 1. The van der Waals surface area contributed by atoms with Gasteiger partial charge in [-0.05, 0) is 0 Å². The predicted molar refractivity (Wildman–Crippen MR) is 120 cm³/mol. The molecule has 0 saturated carbocycles. The van der Waals surface area contributed by atoms with Gasteiger partial charge in [-0.15, -0.1) is 0 Å². The van der Waals surface area contributed by atoms with E-state index in [1.54, 1.807) is 7.11 Å². The second kappa shape index (κ2) is 10.9. The van der Waals surface area contributed by atoms with Gasteiger partial charge in [-0.2, -0.15) is 0 Å². The molecule has 0 radical (unpaired) electrons. The number of allylic oxidation sites excluding steroid dienone is 3. The summed E-state index contributed by atoms with van der Waals surface area (Å²) in [5.41, 5.74) is 4.75. The Kier molecular flexibility index (Phi) is 7.94. The van der Waals surface area contributed by atoms with E-state index in [1.807, 2.05) is 12.1 Å². The average molecular weight is 407 g/mol. The van der Waals surface area contributed by atoms with Crippen LogP contribution < -0.4 is 4.74 Å². The van der Waals surface area contributed by atoms with Crippen LogP contribution in [0.15, 0.2) is 53.7 Å². The van der Waals surface area contributed by atoms with E-state index in [0.29, 0.717) is 13.0 Å². The Morgan fingerprint density at radius 2 is 1.90 bits per heavy atom. The minimum atomic E-state index is -0.731. The first kappa shape index (κ1) is 21.9. The topological polar surface area (TPSA) is 60.7 Å². The molecular formula is C24H30BNO4. The molecule has 30 heavy (non-hydrogen) atoms. The molecule has 1 aliphatic rings. The number of aliphatic carboxylic acids is 1. The molecule has 1 aromatic heterocycles. The number of aromatic nitrogens is 1.